The van der Waals surface area contributed by atoms with Crippen LogP contribution in [0.3, 0.4) is 0 Å². The molecule has 2 heterocycles. The van der Waals surface area contributed by atoms with E-state index in [1.54, 1.807) is 0 Å². The molecule has 23 heavy (non-hydrogen) atoms. The lowest BCUT2D eigenvalue weighted by Gasteiger charge is -2.11. The van der Waals surface area contributed by atoms with Gasteiger partial charge in [0, 0.05) is 18.3 Å². The van der Waals surface area contributed by atoms with Gasteiger partial charge in [0.05, 0.1) is 4.47 Å². The molecule has 0 fully saturated rings. The minimum Gasteiger partial charge on any atom is -0.508 e. The van der Waals surface area contributed by atoms with Crippen molar-refractivity contribution < 1.29 is 26.7 Å². The first kappa shape index (κ1) is 17.8. The van der Waals surface area contributed by atoms with Crippen LogP contribution in [0.4, 0.5) is 19.0 Å². The monoisotopic (exact) mass is 431 g/mol. The maximum Gasteiger partial charge on any atom is 0.433 e. The molecule has 0 unspecified atom stereocenters. The summed E-state index contributed by atoms with van der Waals surface area (Å²) in [7, 11) is -4.27. The molecule has 0 amide bonds. The number of nitrogens with zero attached hydrogens (tertiary/aromatic N) is 2. The summed E-state index contributed by atoms with van der Waals surface area (Å²) in [5.74, 6) is -1.48. The molecule has 0 aliphatic heterocycles. The zero-order valence-electron chi connectivity index (χ0n) is 10.8. The van der Waals surface area contributed by atoms with Crippen molar-refractivity contribution in [1.82, 2.24) is 9.97 Å². The predicted octanol–water partition coefficient (Wildman–Crippen LogP) is 3.42. The van der Waals surface area contributed by atoms with E-state index in [1.807, 2.05) is 4.72 Å². The SMILES string of the molecule is O=S(=O)(Nc1cc(O)cc(C(F)(F)F)n1)c1cnc(Cl)c(Br)c1. The van der Waals surface area contributed by atoms with E-state index >= 15 is 0 Å². The lowest BCUT2D eigenvalue weighted by atomic mass is 10.3. The van der Waals surface area contributed by atoms with E-state index in [4.69, 9.17) is 11.6 Å². The van der Waals surface area contributed by atoms with Crippen LogP contribution in [-0.2, 0) is 16.2 Å². The van der Waals surface area contributed by atoms with E-state index in [0.29, 0.717) is 6.07 Å². The van der Waals surface area contributed by atoms with Crippen LogP contribution in [0.1, 0.15) is 5.69 Å². The summed E-state index contributed by atoms with van der Waals surface area (Å²) in [6.45, 7) is 0. The number of halogens is 5. The molecule has 0 radical (unpaired) electrons. The Bertz CT molecular complexity index is 861. The maximum atomic E-state index is 12.6. The molecule has 2 aromatic rings. The number of pyridine rings is 2. The fourth-order valence-corrected chi connectivity index (χ4v) is 3.03. The smallest absolute Gasteiger partial charge is 0.433 e. The third-order valence-electron chi connectivity index (χ3n) is 2.42. The summed E-state index contributed by atoms with van der Waals surface area (Å²) < 4.78 is 64.1. The molecule has 0 aliphatic carbocycles. The zero-order chi connectivity index (χ0) is 17.4. The summed E-state index contributed by atoms with van der Waals surface area (Å²) in [4.78, 5) is 6.38. The number of alkyl halides is 3. The Kier molecular flexibility index (Phi) is 4.74. The Hall–Kier alpha value is -1.59. The highest BCUT2D eigenvalue weighted by Gasteiger charge is 2.33. The zero-order valence-corrected chi connectivity index (χ0v) is 13.9. The van der Waals surface area contributed by atoms with Crippen LogP contribution in [0.2, 0.25) is 5.15 Å². The van der Waals surface area contributed by atoms with Crippen molar-refractivity contribution in [3.05, 3.63) is 39.7 Å². The van der Waals surface area contributed by atoms with Crippen molar-refractivity contribution in [2.24, 2.45) is 0 Å². The summed E-state index contributed by atoms with van der Waals surface area (Å²) in [6.07, 6.45) is -3.92. The third-order valence-corrected chi connectivity index (χ3v) is 4.88. The van der Waals surface area contributed by atoms with Crippen LogP contribution < -0.4 is 4.72 Å². The fraction of sp³-hybridized carbons (Fsp3) is 0.0909. The summed E-state index contributed by atoms with van der Waals surface area (Å²) in [5, 5.41) is 9.31. The summed E-state index contributed by atoms with van der Waals surface area (Å²) >= 11 is 8.62. The number of aromatic hydroxyl groups is 1. The maximum absolute atomic E-state index is 12.6. The van der Waals surface area contributed by atoms with E-state index in [-0.39, 0.29) is 14.5 Å². The molecule has 0 saturated carbocycles. The topological polar surface area (TPSA) is 92.2 Å². The van der Waals surface area contributed by atoms with Crippen molar-refractivity contribution in [1.29, 1.82) is 0 Å². The van der Waals surface area contributed by atoms with Gasteiger partial charge in [-0.25, -0.2) is 18.4 Å². The average Bonchev–Trinajstić information content (AvgIpc) is 2.39. The first-order valence-corrected chi connectivity index (χ1v) is 8.26. The van der Waals surface area contributed by atoms with Crippen LogP contribution in [-0.4, -0.2) is 23.5 Å². The Morgan fingerprint density at radius 3 is 2.48 bits per heavy atom. The molecular formula is C11H6BrClF3N3O3S. The van der Waals surface area contributed by atoms with Crippen LogP contribution in [0, 0.1) is 0 Å². The molecule has 2 N–H and O–H groups in total. The molecule has 12 heteroatoms. The summed E-state index contributed by atoms with van der Waals surface area (Å²) in [6, 6.07) is 2.23. The quantitative estimate of drug-likeness (QED) is 0.725. The number of hydrogen-bond acceptors (Lipinski definition) is 5. The van der Waals surface area contributed by atoms with E-state index in [1.165, 1.54) is 0 Å². The van der Waals surface area contributed by atoms with E-state index in [2.05, 4.69) is 25.9 Å². The molecule has 2 rings (SSSR count). The second-order valence-electron chi connectivity index (χ2n) is 4.14. The molecule has 0 aromatic carbocycles. The van der Waals surface area contributed by atoms with Crippen LogP contribution >= 0.6 is 27.5 Å². The number of sulfonamides is 1. The predicted molar refractivity (Wildman–Crippen MR) is 78.7 cm³/mol. The molecule has 2 aromatic heterocycles. The van der Waals surface area contributed by atoms with Crippen LogP contribution in [0.15, 0.2) is 33.8 Å². The van der Waals surface area contributed by atoms with Gasteiger partial charge in [0.25, 0.3) is 10.0 Å². The number of nitrogens with one attached hydrogen (secondary N) is 1. The second kappa shape index (κ2) is 6.13. The minimum absolute atomic E-state index is 0.0128. The number of hydrogen-bond donors (Lipinski definition) is 2. The molecule has 0 spiro atoms. The van der Waals surface area contributed by atoms with Gasteiger partial charge >= 0.3 is 6.18 Å². The lowest BCUT2D eigenvalue weighted by Crippen LogP contribution is -2.16. The molecule has 0 saturated heterocycles. The van der Waals surface area contributed by atoms with Gasteiger partial charge in [-0.15, -0.1) is 0 Å². The van der Waals surface area contributed by atoms with Crippen molar-refractivity contribution in [2.45, 2.75) is 11.1 Å². The van der Waals surface area contributed by atoms with Crippen molar-refractivity contribution in [3.63, 3.8) is 0 Å². The van der Waals surface area contributed by atoms with E-state index < -0.39 is 33.5 Å². The number of rotatable bonds is 3. The lowest BCUT2D eigenvalue weighted by molar-refractivity contribution is -0.141. The van der Waals surface area contributed by atoms with E-state index in [9.17, 15) is 26.7 Å². The Balaban J connectivity index is 2.41. The highest BCUT2D eigenvalue weighted by Crippen LogP contribution is 2.32. The van der Waals surface area contributed by atoms with Crippen LogP contribution in [0.25, 0.3) is 0 Å². The number of aromatic nitrogens is 2. The summed E-state index contributed by atoms with van der Waals surface area (Å²) in [5.41, 5.74) is -1.44. The van der Waals surface area contributed by atoms with Gasteiger partial charge in [-0.05, 0) is 22.0 Å². The second-order valence-corrected chi connectivity index (χ2v) is 7.04. The van der Waals surface area contributed by atoms with Gasteiger partial charge < -0.3 is 5.11 Å². The average molecular weight is 433 g/mol. The van der Waals surface area contributed by atoms with Gasteiger partial charge in [0.15, 0.2) is 5.69 Å². The molecular weight excluding hydrogens is 427 g/mol. The van der Waals surface area contributed by atoms with Crippen LogP contribution in [0.5, 0.6) is 5.75 Å². The molecule has 0 aliphatic rings. The van der Waals surface area contributed by atoms with E-state index in [0.717, 1.165) is 18.3 Å². The molecule has 124 valence electrons. The molecule has 0 atom stereocenters. The van der Waals surface area contributed by atoms with Crippen molar-refractivity contribution in [3.8, 4) is 5.75 Å². The largest absolute Gasteiger partial charge is 0.508 e. The van der Waals surface area contributed by atoms with Gasteiger partial charge in [0.1, 0.15) is 21.6 Å². The van der Waals surface area contributed by atoms with Gasteiger partial charge in [0.2, 0.25) is 0 Å². The van der Waals surface area contributed by atoms with Crippen molar-refractivity contribution >= 4 is 43.4 Å². The fourth-order valence-electron chi connectivity index (χ4n) is 1.46. The van der Waals surface area contributed by atoms with Crippen molar-refractivity contribution in [2.75, 3.05) is 4.72 Å². The highest BCUT2D eigenvalue weighted by molar-refractivity contribution is 9.10. The Morgan fingerprint density at radius 2 is 1.91 bits per heavy atom. The first-order valence-electron chi connectivity index (χ1n) is 5.61. The Labute approximate surface area is 141 Å². The number of anilines is 1. The minimum atomic E-state index is -4.84. The van der Waals surface area contributed by atoms with Gasteiger partial charge in [-0.2, -0.15) is 13.2 Å². The highest BCUT2D eigenvalue weighted by atomic mass is 79.9. The standard InChI is InChI=1S/C11H6BrClF3N3O3S/c12-7-3-6(4-17-10(7)13)23(21,22)19-9-2-5(20)1-8(18-9)11(14,15)16/h1-4H,(H2,18,19,20). The van der Waals surface area contributed by atoms with Gasteiger partial charge in [-0.3, -0.25) is 4.72 Å². The molecule has 6 nitrogen and oxygen atoms in total. The normalized spacial score (nSPS) is 12.2. The van der Waals surface area contributed by atoms with Gasteiger partial charge in [-0.1, -0.05) is 11.6 Å². The third kappa shape index (κ3) is 4.24. The molecule has 0 bridgehead atoms. The Morgan fingerprint density at radius 1 is 1.26 bits per heavy atom. The first-order chi connectivity index (χ1) is 10.5.